The van der Waals surface area contributed by atoms with Crippen molar-refractivity contribution in [3.05, 3.63) is 69.0 Å². The van der Waals surface area contributed by atoms with Crippen LogP contribution in [0.2, 0.25) is 5.02 Å². The molecule has 5 heteroatoms. The molecule has 0 radical (unpaired) electrons. The summed E-state index contributed by atoms with van der Waals surface area (Å²) in [5.74, 6) is -3.40. The SMILES string of the molecule is Cc1cc(C(=O)c2c(F)ccc(C)c2F)c(Cl)cc1F. The standard InChI is InChI=1S/C15H10ClF3O/c1-7-3-4-11(17)13(14(7)19)15(20)9-5-8(2)12(18)6-10(9)16/h3-6H,1-2H3. The summed E-state index contributed by atoms with van der Waals surface area (Å²) in [6.45, 7) is 2.86. The smallest absolute Gasteiger partial charge is 0.200 e. The number of aryl methyl sites for hydroxylation is 2. The minimum Gasteiger partial charge on any atom is -0.288 e. The summed E-state index contributed by atoms with van der Waals surface area (Å²) in [7, 11) is 0. The average Bonchev–Trinajstić information content (AvgIpc) is 2.38. The van der Waals surface area contributed by atoms with E-state index in [1.165, 1.54) is 26.0 Å². The van der Waals surface area contributed by atoms with Crippen LogP contribution in [-0.2, 0) is 0 Å². The van der Waals surface area contributed by atoms with Crippen LogP contribution in [0.15, 0.2) is 24.3 Å². The molecule has 0 aliphatic carbocycles. The van der Waals surface area contributed by atoms with Crippen LogP contribution in [0.3, 0.4) is 0 Å². The summed E-state index contributed by atoms with van der Waals surface area (Å²) in [4.78, 5) is 12.2. The second-order valence-electron chi connectivity index (χ2n) is 4.46. The molecule has 0 saturated heterocycles. The summed E-state index contributed by atoms with van der Waals surface area (Å²) in [6, 6.07) is 4.38. The molecule has 0 spiro atoms. The predicted octanol–water partition coefficient (Wildman–Crippen LogP) is 4.61. The number of ketones is 1. The van der Waals surface area contributed by atoms with Crippen LogP contribution >= 0.6 is 11.6 Å². The third kappa shape index (κ3) is 2.43. The van der Waals surface area contributed by atoms with Crippen LogP contribution in [0.25, 0.3) is 0 Å². The van der Waals surface area contributed by atoms with E-state index in [0.717, 1.165) is 12.1 Å². The molecule has 104 valence electrons. The highest BCUT2D eigenvalue weighted by Crippen LogP contribution is 2.26. The minimum atomic E-state index is -0.976. The Kier molecular flexibility index (Phi) is 3.86. The van der Waals surface area contributed by atoms with Crippen molar-refractivity contribution in [2.45, 2.75) is 13.8 Å². The molecule has 2 aromatic carbocycles. The Morgan fingerprint density at radius 2 is 1.65 bits per heavy atom. The maximum absolute atomic E-state index is 13.9. The number of hydrogen-bond donors (Lipinski definition) is 0. The Morgan fingerprint density at radius 3 is 2.30 bits per heavy atom. The van der Waals surface area contributed by atoms with E-state index in [0.29, 0.717) is 0 Å². The number of hydrogen-bond acceptors (Lipinski definition) is 1. The molecule has 0 atom stereocenters. The van der Waals surface area contributed by atoms with Gasteiger partial charge in [0, 0.05) is 5.56 Å². The Labute approximate surface area is 119 Å². The van der Waals surface area contributed by atoms with Crippen molar-refractivity contribution in [3.8, 4) is 0 Å². The summed E-state index contributed by atoms with van der Waals surface area (Å²) in [5.41, 5.74) is -0.497. The van der Waals surface area contributed by atoms with Gasteiger partial charge < -0.3 is 0 Å². The van der Waals surface area contributed by atoms with Gasteiger partial charge in [0.2, 0.25) is 0 Å². The van der Waals surface area contributed by atoms with Crippen molar-refractivity contribution < 1.29 is 18.0 Å². The quantitative estimate of drug-likeness (QED) is 0.740. The molecule has 1 nitrogen and oxygen atoms in total. The van der Waals surface area contributed by atoms with Crippen molar-refractivity contribution >= 4 is 17.4 Å². The Hall–Kier alpha value is -1.81. The fraction of sp³-hybridized carbons (Fsp3) is 0.133. The van der Waals surface area contributed by atoms with Gasteiger partial charge in [0.25, 0.3) is 0 Å². The van der Waals surface area contributed by atoms with Gasteiger partial charge in [0.05, 0.1) is 10.6 Å². The molecule has 0 aromatic heterocycles. The Balaban J connectivity index is 2.64. The van der Waals surface area contributed by atoms with Gasteiger partial charge in [-0.1, -0.05) is 17.7 Å². The molecule has 0 aliphatic heterocycles. The number of benzene rings is 2. The maximum Gasteiger partial charge on any atom is 0.200 e. The normalized spacial score (nSPS) is 10.7. The van der Waals surface area contributed by atoms with Gasteiger partial charge in [0.1, 0.15) is 17.5 Å². The molecule has 2 rings (SSSR count). The fourth-order valence-corrected chi connectivity index (χ4v) is 2.07. The molecule has 0 bridgehead atoms. The molecular formula is C15H10ClF3O. The van der Waals surface area contributed by atoms with Crippen LogP contribution in [0, 0.1) is 31.3 Å². The molecule has 0 saturated carbocycles. The number of halogens is 4. The van der Waals surface area contributed by atoms with Crippen LogP contribution < -0.4 is 0 Å². The second kappa shape index (κ2) is 5.29. The largest absolute Gasteiger partial charge is 0.288 e. The Bertz CT molecular complexity index is 711. The van der Waals surface area contributed by atoms with E-state index >= 15 is 0 Å². The minimum absolute atomic E-state index is 0.131. The molecule has 0 aliphatic rings. The third-order valence-electron chi connectivity index (χ3n) is 3.00. The number of carbonyl (C=O) groups excluding carboxylic acids is 1. The first kappa shape index (κ1) is 14.6. The van der Waals surface area contributed by atoms with Gasteiger partial charge in [-0.05, 0) is 43.2 Å². The molecule has 0 amide bonds. The zero-order valence-electron chi connectivity index (χ0n) is 10.7. The fourth-order valence-electron chi connectivity index (χ4n) is 1.83. The molecule has 0 N–H and O–H groups in total. The summed E-state index contributed by atoms with van der Waals surface area (Å²) >= 11 is 5.78. The molecule has 0 unspecified atom stereocenters. The summed E-state index contributed by atoms with van der Waals surface area (Å²) in [5, 5.41) is -0.182. The van der Waals surface area contributed by atoms with E-state index in [9.17, 15) is 18.0 Å². The van der Waals surface area contributed by atoms with Crippen molar-refractivity contribution in [2.24, 2.45) is 0 Å². The molecule has 0 fully saturated rings. The molecule has 20 heavy (non-hydrogen) atoms. The summed E-state index contributed by atoms with van der Waals surface area (Å²) in [6.07, 6.45) is 0. The highest BCUT2D eigenvalue weighted by atomic mass is 35.5. The molecule has 0 heterocycles. The van der Waals surface area contributed by atoms with Gasteiger partial charge >= 0.3 is 0 Å². The van der Waals surface area contributed by atoms with E-state index in [-0.39, 0.29) is 21.7 Å². The van der Waals surface area contributed by atoms with Crippen molar-refractivity contribution in [1.29, 1.82) is 0 Å². The molecule has 2 aromatic rings. The van der Waals surface area contributed by atoms with E-state index in [2.05, 4.69) is 0 Å². The molecular weight excluding hydrogens is 289 g/mol. The monoisotopic (exact) mass is 298 g/mol. The first-order valence-corrected chi connectivity index (χ1v) is 6.15. The predicted molar refractivity (Wildman–Crippen MR) is 70.7 cm³/mol. The number of carbonyl (C=O) groups is 1. The van der Waals surface area contributed by atoms with Gasteiger partial charge in [0.15, 0.2) is 5.78 Å². The third-order valence-corrected chi connectivity index (χ3v) is 3.32. The zero-order chi connectivity index (χ0) is 15.0. The highest BCUT2D eigenvalue weighted by Gasteiger charge is 2.23. The van der Waals surface area contributed by atoms with Crippen molar-refractivity contribution in [3.63, 3.8) is 0 Å². The first-order valence-electron chi connectivity index (χ1n) is 5.78. The van der Waals surface area contributed by atoms with E-state index in [4.69, 9.17) is 11.6 Å². The topological polar surface area (TPSA) is 17.1 Å². The highest BCUT2D eigenvalue weighted by molar-refractivity contribution is 6.35. The van der Waals surface area contributed by atoms with E-state index in [1.807, 2.05) is 0 Å². The van der Waals surface area contributed by atoms with Crippen molar-refractivity contribution in [1.82, 2.24) is 0 Å². The van der Waals surface area contributed by atoms with Crippen LogP contribution in [-0.4, -0.2) is 5.78 Å². The van der Waals surface area contributed by atoms with Crippen LogP contribution in [0.5, 0.6) is 0 Å². The van der Waals surface area contributed by atoms with Gasteiger partial charge in [-0.15, -0.1) is 0 Å². The van der Waals surface area contributed by atoms with Gasteiger partial charge in [-0.2, -0.15) is 0 Å². The zero-order valence-corrected chi connectivity index (χ0v) is 11.5. The lowest BCUT2D eigenvalue weighted by atomic mass is 9.98. The number of rotatable bonds is 2. The Morgan fingerprint density at radius 1 is 1.00 bits per heavy atom. The van der Waals surface area contributed by atoms with Gasteiger partial charge in [-0.25, -0.2) is 13.2 Å². The van der Waals surface area contributed by atoms with Crippen LogP contribution in [0.1, 0.15) is 27.0 Å². The average molecular weight is 299 g/mol. The van der Waals surface area contributed by atoms with Crippen LogP contribution in [0.4, 0.5) is 13.2 Å². The first-order chi connectivity index (χ1) is 9.32. The lowest BCUT2D eigenvalue weighted by Gasteiger charge is -2.09. The second-order valence-corrected chi connectivity index (χ2v) is 4.87. The lowest BCUT2D eigenvalue weighted by Crippen LogP contribution is -2.10. The lowest BCUT2D eigenvalue weighted by molar-refractivity contribution is 0.103. The van der Waals surface area contributed by atoms with Crippen molar-refractivity contribution in [2.75, 3.05) is 0 Å². The van der Waals surface area contributed by atoms with E-state index < -0.39 is 28.8 Å². The van der Waals surface area contributed by atoms with Gasteiger partial charge in [-0.3, -0.25) is 4.79 Å². The summed E-state index contributed by atoms with van der Waals surface area (Å²) < 4.78 is 40.9. The van der Waals surface area contributed by atoms with E-state index in [1.54, 1.807) is 0 Å². The maximum atomic E-state index is 13.9.